The van der Waals surface area contributed by atoms with E-state index in [2.05, 4.69) is 4.98 Å². The molecule has 0 fully saturated rings. The summed E-state index contributed by atoms with van der Waals surface area (Å²) in [7, 11) is 0. The fourth-order valence-corrected chi connectivity index (χ4v) is 1.23. The van der Waals surface area contributed by atoms with Crippen molar-refractivity contribution in [2.75, 3.05) is 0 Å². The van der Waals surface area contributed by atoms with Crippen LogP contribution >= 0.6 is 0 Å². The molecule has 0 saturated heterocycles. The van der Waals surface area contributed by atoms with E-state index in [4.69, 9.17) is 8.83 Å². The van der Waals surface area contributed by atoms with Gasteiger partial charge in [0, 0.05) is 6.92 Å². The molecule has 2 aromatic rings. The van der Waals surface area contributed by atoms with Crippen LogP contribution in [0, 0.1) is 6.92 Å². The maximum Gasteiger partial charge on any atom is 0.263 e. The van der Waals surface area contributed by atoms with Crippen molar-refractivity contribution in [1.29, 1.82) is 0 Å². The molecule has 4 nitrogen and oxygen atoms in total. The molecule has 2 rings (SSSR count). The number of hydrogen-bond donors (Lipinski definition) is 0. The van der Waals surface area contributed by atoms with E-state index in [9.17, 15) is 4.79 Å². The third-order valence-corrected chi connectivity index (χ3v) is 1.86. The molecule has 2 aromatic heterocycles. The third-order valence-electron chi connectivity index (χ3n) is 1.86. The molecular formula is C10H9NO3. The van der Waals surface area contributed by atoms with Gasteiger partial charge in [-0.1, -0.05) is 0 Å². The highest BCUT2D eigenvalue weighted by Gasteiger charge is 2.15. The standard InChI is InChI=1S/C10H9NO3/c1-6(12)9-7(2)14-10(11-9)8-4-3-5-13-8/h3-5H,1-2H3. The van der Waals surface area contributed by atoms with E-state index in [1.54, 1.807) is 19.1 Å². The molecule has 4 heteroatoms. The molecule has 0 radical (unpaired) electrons. The molecule has 2 heterocycles. The number of oxazole rings is 1. The molecule has 0 spiro atoms. The minimum Gasteiger partial charge on any atom is -0.459 e. The van der Waals surface area contributed by atoms with E-state index in [-0.39, 0.29) is 5.78 Å². The van der Waals surface area contributed by atoms with E-state index in [1.165, 1.54) is 13.2 Å². The molecule has 0 aliphatic heterocycles. The molecule has 0 saturated carbocycles. The number of nitrogens with zero attached hydrogens (tertiary/aromatic N) is 1. The van der Waals surface area contributed by atoms with Gasteiger partial charge >= 0.3 is 0 Å². The van der Waals surface area contributed by atoms with Crippen molar-refractivity contribution in [2.24, 2.45) is 0 Å². The highest BCUT2D eigenvalue weighted by Crippen LogP contribution is 2.21. The lowest BCUT2D eigenvalue weighted by Crippen LogP contribution is -1.94. The summed E-state index contributed by atoms with van der Waals surface area (Å²) in [6.45, 7) is 3.16. The zero-order chi connectivity index (χ0) is 10.1. The van der Waals surface area contributed by atoms with Gasteiger partial charge in [0.2, 0.25) is 0 Å². The summed E-state index contributed by atoms with van der Waals surface area (Å²) in [4.78, 5) is 15.1. The van der Waals surface area contributed by atoms with Gasteiger partial charge in [-0.05, 0) is 19.1 Å². The minimum absolute atomic E-state index is 0.107. The number of carbonyl (C=O) groups excluding carboxylic acids is 1. The van der Waals surface area contributed by atoms with Gasteiger partial charge in [-0.25, -0.2) is 4.98 Å². The number of furan rings is 1. The number of ketones is 1. The Balaban J connectivity index is 2.48. The van der Waals surface area contributed by atoms with Crippen LogP contribution in [0.4, 0.5) is 0 Å². The molecule has 0 bridgehead atoms. The average Bonchev–Trinajstić information content (AvgIpc) is 2.70. The average molecular weight is 191 g/mol. The van der Waals surface area contributed by atoms with E-state index in [0.29, 0.717) is 23.1 Å². The van der Waals surface area contributed by atoms with Gasteiger partial charge in [0.05, 0.1) is 6.26 Å². The van der Waals surface area contributed by atoms with E-state index >= 15 is 0 Å². The van der Waals surface area contributed by atoms with Crippen LogP contribution < -0.4 is 0 Å². The molecule has 14 heavy (non-hydrogen) atoms. The second-order valence-electron chi connectivity index (χ2n) is 2.96. The smallest absolute Gasteiger partial charge is 0.263 e. The third kappa shape index (κ3) is 1.35. The predicted octanol–water partition coefficient (Wildman–Crippen LogP) is 2.45. The van der Waals surface area contributed by atoms with Crippen LogP contribution in [0.15, 0.2) is 27.2 Å². The Kier molecular flexibility index (Phi) is 1.96. The maximum atomic E-state index is 11.1. The first-order valence-electron chi connectivity index (χ1n) is 4.20. The van der Waals surface area contributed by atoms with Crippen LogP contribution in [-0.2, 0) is 0 Å². The summed E-state index contributed by atoms with van der Waals surface area (Å²) in [5, 5.41) is 0. The van der Waals surface area contributed by atoms with Gasteiger partial charge in [-0.2, -0.15) is 0 Å². The Labute approximate surface area is 80.6 Å². The summed E-state index contributed by atoms with van der Waals surface area (Å²) < 4.78 is 10.4. The molecule has 72 valence electrons. The molecule has 0 aromatic carbocycles. The van der Waals surface area contributed by atoms with Crippen LogP contribution in [0.5, 0.6) is 0 Å². The quantitative estimate of drug-likeness (QED) is 0.684. The first-order valence-corrected chi connectivity index (χ1v) is 4.20. The van der Waals surface area contributed by atoms with Crippen molar-refractivity contribution < 1.29 is 13.6 Å². The van der Waals surface area contributed by atoms with E-state index in [0.717, 1.165) is 0 Å². The fraction of sp³-hybridized carbons (Fsp3) is 0.200. The topological polar surface area (TPSA) is 56.2 Å². The zero-order valence-electron chi connectivity index (χ0n) is 7.90. The number of hydrogen-bond acceptors (Lipinski definition) is 4. The molecule has 0 unspecified atom stereocenters. The zero-order valence-corrected chi connectivity index (χ0v) is 7.90. The first kappa shape index (κ1) is 8.74. The number of aryl methyl sites for hydroxylation is 1. The minimum atomic E-state index is -0.107. The normalized spacial score (nSPS) is 10.4. The van der Waals surface area contributed by atoms with Crippen LogP contribution in [-0.4, -0.2) is 10.8 Å². The lowest BCUT2D eigenvalue weighted by Gasteiger charge is -1.84. The number of Topliss-reactive ketones (excluding diaryl/α,β-unsaturated/α-hetero) is 1. The number of carbonyl (C=O) groups is 1. The van der Waals surface area contributed by atoms with Crippen LogP contribution in [0.2, 0.25) is 0 Å². The van der Waals surface area contributed by atoms with E-state index < -0.39 is 0 Å². The van der Waals surface area contributed by atoms with Crippen molar-refractivity contribution in [2.45, 2.75) is 13.8 Å². The molecule has 0 atom stereocenters. The highest BCUT2D eigenvalue weighted by molar-refractivity contribution is 5.93. The second kappa shape index (κ2) is 3.14. The second-order valence-corrected chi connectivity index (χ2v) is 2.96. The Bertz CT molecular complexity index is 454. The van der Waals surface area contributed by atoms with Crippen LogP contribution in [0.1, 0.15) is 23.2 Å². The molecule has 0 aliphatic rings. The monoisotopic (exact) mass is 191 g/mol. The summed E-state index contributed by atoms with van der Waals surface area (Å²) in [6.07, 6.45) is 1.53. The van der Waals surface area contributed by atoms with Gasteiger partial charge in [-0.15, -0.1) is 0 Å². The Morgan fingerprint density at radius 1 is 1.50 bits per heavy atom. The lowest BCUT2D eigenvalue weighted by molar-refractivity contribution is 0.101. The van der Waals surface area contributed by atoms with Crippen molar-refractivity contribution in [1.82, 2.24) is 4.98 Å². The van der Waals surface area contributed by atoms with Gasteiger partial charge in [0.1, 0.15) is 11.5 Å². The largest absolute Gasteiger partial charge is 0.459 e. The van der Waals surface area contributed by atoms with Crippen molar-refractivity contribution in [3.05, 3.63) is 29.9 Å². The summed E-state index contributed by atoms with van der Waals surface area (Å²) in [6, 6.07) is 3.47. The molecule has 0 aliphatic carbocycles. The Hall–Kier alpha value is -1.84. The molecule has 0 amide bonds. The number of aromatic nitrogens is 1. The SMILES string of the molecule is CC(=O)c1nc(-c2ccco2)oc1C. The maximum absolute atomic E-state index is 11.1. The van der Waals surface area contributed by atoms with E-state index in [1.807, 2.05) is 0 Å². The van der Waals surface area contributed by atoms with Gasteiger partial charge in [0.15, 0.2) is 11.5 Å². The van der Waals surface area contributed by atoms with Crippen LogP contribution in [0.25, 0.3) is 11.7 Å². The fourth-order valence-electron chi connectivity index (χ4n) is 1.23. The lowest BCUT2D eigenvalue weighted by atomic mass is 10.3. The summed E-state index contributed by atoms with van der Waals surface area (Å²) >= 11 is 0. The molecule has 0 N–H and O–H groups in total. The van der Waals surface area contributed by atoms with Gasteiger partial charge in [0.25, 0.3) is 5.89 Å². The van der Waals surface area contributed by atoms with Crippen molar-refractivity contribution in [3.63, 3.8) is 0 Å². The van der Waals surface area contributed by atoms with Crippen molar-refractivity contribution >= 4 is 5.78 Å². The predicted molar refractivity (Wildman–Crippen MR) is 48.9 cm³/mol. The number of rotatable bonds is 2. The highest BCUT2D eigenvalue weighted by atomic mass is 16.4. The molecular weight excluding hydrogens is 182 g/mol. The van der Waals surface area contributed by atoms with Gasteiger partial charge in [-0.3, -0.25) is 4.79 Å². The Morgan fingerprint density at radius 3 is 2.79 bits per heavy atom. The van der Waals surface area contributed by atoms with Crippen LogP contribution in [0.3, 0.4) is 0 Å². The Morgan fingerprint density at radius 2 is 2.29 bits per heavy atom. The summed E-state index contributed by atoms with van der Waals surface area (Å²) in [5.74, 6) is 1.28. The first-order chi connectivity index (χ1) is 6.68. The van der Waals surface area contributed by atoms with Crippen molar-refractivity contribution in [3.8, 4) is 11.7 Å². The van der Waals surface area contributed by atoms with Gasteiger partial charge < -0.3 is 8.83 Å². The summed E-state index contributed by atoms with van der Waals surface area (Å²) in [5.41, 5.74) is 0.358.